The highest BCUT2D eigenvalue weighted by molar-refractivity contribution is 5.88. The third-order valence-corrected chi connectivity index (χ3v) is 3.97. The summed E-state index contributed by atoms with van der Waals surface area (Å²) in [5.74, 6) is 0.752. The Morgan fingerprint density at radius 2 is 2.33 bits per heavy atom. The highest BCUT2D eigenvalue weighted by Gasteiger charge is 2.32. The van der Waals surface area contributed by atoms with Crippen LogP contribution < -0.4 is 5.32 Å². The summed E-state index contributed by atoms with van der Waals surface area (Å²) in [5, 5.41) is 16.1. The fourth-order valence-electron chi connectivity index (χ4n) is 2.35. The number of urea groups is 1. The predicted octanol–water partition coefficient (Wildman–Crippen LogP) is 2.62. The second-order valence-electron chi connectivity index (χ2n) is 5.70. The number of aliphatic hydroxyl groups excluding tert-OH is 1. The maximum atomic E-state index is 12.5. The molecule has 0 aliphatic heterocycles. The molecule has 1 aliphatic rings. The number of carbonyl (C=O) groups is 1. The van der Waals surface area contributed by atoms with E-state index in [1.165, 1.54) is 0 Å². The summed E-state index contributed by atoms with van der Waals surface area (Å²) in [6.45, 7) is 5.07. The normalized spacial score (nSPS) is 15.8. The molecule has 2 rings (SSSR count). The molecular formula is C15H26N4O2. The van der Waals surface area contributed by atoms with Crippen LogP contribution in [0, 0.1) is 0 Å². The number of hydrogen-bond donors (Lipinski definition) is 2. The molecule has 0 saturated heterocycles. The topological polar surface area (TPSA) is 70.4 Å². The molecule has 1 aliphatic carbocycles. The van der Waals surface area contributed by atoms with Crippen molar-refractivity contribution >= 4 is 11.8 Å². The van der Waals surface area contributed by atoms with Gasteiger partial charge in [-0.05, 0) is 39.0 Å². The van der Waals surface area contributed by atoms with Gasteiger partial charge in [-0.2, -0.15) is 5.10 Å². The van der Waals surface area contributed by atoms with Gasteiger partial charge in [0.2, 0.25) is 0 Å². The van der Waals surface area contributed by atoms with E-state index >= 15 is 0 Å². The van der Waals surface area contributed by atoms with E-state index in [-0.39, 0.29) is 18.7 Å². The average molecular weight is 294 g/mol. The van der Waals surface area contributed by atoms with Crippen molar-refractivity contribution in [3.8, 4) is 0 Å². The first-order chi connectivity index (χ1) is 10.2. The fraction of sp³-hybridized carbons (Fsp3) is 0.733. The number of amides is 2. The molecule has 1 saturated carbocycles. The van der Waals surface area contributed by atoms with Crippen molar-refractivity contribution in [3.63, 3.8) is 0 Å². The first-order valence-corrected chi connectivity index (χ1v) is 7.89. The van der Waals surface area contributed by atoms with Crippen molar-refractivity contribution in [1.82, 2.24) is 14.7 Å². The molecule has 6 heteroatoms. The van der Waals surface area contributed by atoms with Crippen LogP contribution in [0.1, 0.15) is 52.0 Å². The molecule has 0 spiro atoms. The van der Waals surface area contributed by atoms with Gasteiger partial charge in [0.1, 0.15) is 5.82 Å². The van der Waals surface area contributed by atoms with E-state index in [9.17, 15) is 4.79 Å². The summed E-state index contributed by atoms with van der Waals surface area (Å²) >= 11 is 0. The molecule has 21 heavy (non-hydrogen) atoms. The number of unbranched alkanes of at least 4 members (excludes halogenated alkanes) is 1. The number of carbonyl (C=O) groups excluding carboxylic acids is 1. The molecule has 1 atom stereocenters. The van der Waals surface area contributed by atoms with Crippen molar-refractivity contribution < 1.29 is 9.90 Å². The Kier molecular flexibility index (Phi) is 5.61. The number of anilines is 1. The smallest absolute Gasteiger partial charge is 0.323 e. The standard InChI is InChI=1S/C15H26N4O2/c1-3-12(2)19-14(8-9-16-19)17-15(21)18(13-6-7-13)10-4-5-11-20/h8-9,12-13,20H,3-7,10-11H2,1-2H3,(H,17,21). The Bertz CT molecular complexity index is 456. The summed E-state index contributed by atoms with van der Waals surface area (Å²) in [5.41, 5.74) is 0. The van der Waals surface area contributed by atoms with Crippen LogP contribution in [0.5, 0.6) is 0 Å². The Morgan fingerprint density at radius 1 is 1.57 bits per heavy atom. The number of hydrogen-bond acceptors (Lipinski definition) is 3. The van der Waals surface area contributed by atoms with Crippen molar-refractivity contribution in [1.29, 1.82) is 0 Å². The van der Waals surface area contributed by atoms with Gasteiger partial charge in [-0.1, -0.05) is 6.92 Å². The molecule has 0 bridgehead atoms. The lowest BCUT2D eigenvalue weighted by Gasteiger charge is -2.23. The molecule has 0 radical (unpaired) electrons. The zero-order chi connectivity index (χ0) is 15.2. The minimum atomic E-state index is -0.0551. The van der Waals surface area contributed by atoms with Gasteiger partial charge in [0.25, 0.3) is 0 Å². The van der Waals surface area contributed by atoms with Crippen molar-refractivity contribution in [2.45, 2.75) is 58.0 Å². The Hall–Kier alpha value is -1.56. The zero-order valence-corrected chi connectivity index (χ0v) is 13.0. The molecule has 0 aromatic carbocycles. The van der Waals surface area contributed by atoms with Crippen LogP contribution in [0.4, 0.5) is 10.6 Å². The Balaban J connectivity index is 1.96. The summed E-state index contributed by atoms with van der Waals surface area (Å²) in [7, 11) is 0. The van der Waals surface area contributed by atoms with Crippen molar-refractivity contribution in [2.75, 3.05) is 18.5 Å². The lowest BCUT2D eigenvalue weighted by atomic mass is 10.3. The lowest BCUT2D eigenvalue weighted by Crippen LogP contribution is -2.38. The van der Waals surface area contributed by atoms with E-state index in [2.05, 4.69) is 24.3 Å². The Labute approximate surface area is 126 Å². The largest absolute Gasteiger partial charge is 0.396 e. The van der Waals surface area contributed by atoms with Gasteiger partial charge in [-0.15, -0.1) is 0 Å². The summed E-state index contributed by atoms with van der Waals surface area (Å²) in [6.07, 6.45) is 6.42. The number of aliphatic hydroxyl groups is 1. The van der Waals surface area contributed by atoms with E-state index in [0.717, 1.165) is 37.9 Å². The van der Waals surface area contributed by atoms with Crippen LogP contribution >= 0.6 is 0 Å². The molecule has 1 fully saturated rings. The number of nitrogens with zero attached hydrogens (tertiary/aromatic N) is 3. The SMILES string of the molecule is CCC(C)n1nccc1NC(=O)N(CCCCO)C1CC1. The maximum absolute atomic E-state index is 12.5. The molecule has 1 unspecified atom stereocenters. The molecule has 1 aromatic heterocycles. The van der Waals surface area contributed by atoms with Gasteiger partial charge in [-0.3, -0.25) is 5.32 Å². The van der Waals surface area contributed by atoms with Gasteiger partial charge < -0.3 is 10.0 Å². The van der Waals surface area contributed by atoms with Gasteiger partial charge in [-0.25, -0.2) is 9.48 Å². The molecule has 6 nitrogen and oxygen atoms in total. The highest BCUT2D eigenvalue weighted by Crippen LogP contribution is 2.28. The number of rotatable bonds is 8. The van der Waals surface area contributed by atoms with Crippen LogP contribution in [-0.2, 0) is 0 Å². The first-order valence-electron chi connectivity index (χ1n) is 7.89. The molecule has 1 aromatic rings. The summed E-state index contributed by atoms with van der Waals surface area (Å²) in [6, 6.07) is 2.41. The minimum absolute atomic E-state index is 0.0551. The summed E-state index contributed by atoms with van der Waals surface area (Å²) < 4.78 is 1.86. The van der Waals surface area contributed by atoms with E-state index in [1.807, 2.05) is 15.6 Å². The average Bonchev–Trinajstić information content (AvgIpc) is 3.22. The summed E-state index contributed by atoms with van der Waals surface area (Å²) in [4.78, 5) is 14.4. The quantitative estimate of drug-likeness (QED) is 0.724. The third kappa shape index (κ3) is 4.20. The van der Waals surface area contributed by atoms with E-state index in [4.69, 9.17) is 5.11 Å². The lowest BCUT2D eigenvalue weighted by molar-refractivity contribution is 0.203. The highest BCUT2D eigenvalue weighted by atomic mass is 16.3. The molecule has 1 heterocycles. The van der Waals surface area contributed by atoms with Gasteiger partial charge in [0, 0.05) is 25.3 Å². The molecular weight excluding hydrogens is 268 g/mol. The maximum Gasteiger partial charge on any atom is 0.323 e. The first kappa shape index (κ1) is 15.8. The second-order valence-corrected chi connectivity index (χ2v) is 5.70. The predicted molar refractivity (Wildman–Crippen MR) is 82.3 cm³/mol. The van der Waals surface area contributed by atoms with Crippen molar-refractivity contribution in [2.24, 2.45) is 0 Å². The van der Waals surface area contributed by atoms with Gasteiger partial charge in [0.05, 0.1) is 12.2 Å². The van der Waals surface area contributed by atoms with Crippen LogP contribution in [0.15, 0.2) is 12.3 Å². The van der Waals surface area contributed by atoms with E-state index in [1.54, 1.807) is 6.20 Å². The third-order valence-electron chi connectivity index (χ3n) is 3.97. The molecule has 2 N–H and O–H groups in total. The number of nitrogens with one attached hydrogen (secondary N) is 1. The van der Waals surface area contributed by atoms with Gasteiger partial charge in [0.15, 0.2) is 0 Å². The molecule has 2 amide bonds. The van der Waals surface area contributed by atoms with Crippen LogP contribution in [0.2, 0.25) is 0 Å². The van der Waals surface area contributed by atoms with Crippen LogP contribution in [0.3, 0.4) is 0 Å². The van der Waals surface area contributed by atoms with Crippen molar-refractivity contribution in [3.05, 3.63) is 12.3 Å². The Morgan fingerprint density at radius 3 is 2.95 bits per heavy atom. The number of aromatic nitrogens is 2. The van der Waals surface area contributed by atoms with Gasteiger partial charge >= 0.3 is 6.03 Å². The van der Waals surface area contributed by atoms with E-state index in [0.29, 0.717) is 12.6 Å². The monoisotopic (exact) mass is 294 g/mol. The fourth-order valence-corrected chi connectivity index (χ4v) is 2.35. The minimum Gasteiger partial charge on any atom is -0.396 e. The molecule has 118 valence electrons. The van der Waals surface area contributed by atoms with Crippen LogP contribution in [-0.4, -0.2) is 45.0 Å². The zero-order valence-electron chi connectivity index (χ0n) is 13.0. The van der Waals surface area contributed by atoms with Crippen LogP contribution in [0.25, 0.3) is 0 Å². The van der Waals surface area contributed by atoms with E-state index < -0.39 is 0 Å². The second kappa shape index (κ2) is 7.45.